The Morgan fingerprint density at radius 2 is 1.95 bits per heavy atom. The Bertz CT molecular complexity index is 1170. The Labute approximate surface area is 228 Å². The molecular formula is C28H34Cl2N4O3. The fourth-order valence-electron chi connectivity index (χ4n) is 6.11. The van der Waals surface area contributed by atoms with Gasteiger partial charge in [0.2, 0.25) is 5.91 Å². The molecule has 1 amide bonds. The molecule has 2 aliphatic heterocycles. The van der Waals surface area contributed by atoms with Crippen molar-refractivity contribution >= 4 is 40.9 Å². The molecular weight excluding hydrogens is 511 g/mol. The number of nitrogens with one attached hydrogen (secondary N) is 2. The summed E-state index contributed by atoms with van der Waals surface area (Å²) in [5.74, 6) is 0.582. The van der Waals surface area contributed by atoms with Crippen molar-refractivity contribution in [3.05, 3.63) is 56.7 Å². The molecule has 1 saturated heterocycles. The van der Waals surface area contributed by atoms with E-state index in [2.05, 4.69) is 28.5 Å². The highest BCUT2D eigenvalue weighted by Crippen LogP contribution is 2.52. The number of nitrogens with zero attached hydrogens (tertiary/aromatic N) is 2. The Kier molecular flexibility index (Phi) is 7.66. The van der Waals surface area contributed by atoms with Gasteiger partial charge >= 0.3 is 5.97 Å². The molecule has 1 aromatic carbocycles. The van der Waals surface area contributed by atoms with Crippen molar-refractivity contribution in [2.75, 3.05) is 38.6 Å². The molecule has 1 spiro atoms. The van der Waals surface area contributed by atoms with E-state index in [4.69, 9.17) is 32.9 Å². The van der Waals surface area contributed by atoms with E-state index in [1.807, 2.05) is 0 Å². The van der Waals surface area contributed by atoms with Crippen LogP contribution in [0.3, 0.4) is 0 Å². The zero-order chi connectivity index (χ0) is 26.2. The fraction of sp³-hybridized carbons (Fsp3) is 0.536. The van der Waals surface area contributed by atoms with Crippen LogP contribution in [0.25, 0.3) is 0 Å². The van der Waals surface area contributed by atoms with Crippen molar-refractivity contribution in [2.45, 2.75) is 51.5 Å². The molecule has 1 atom stereocenters. The highest BCUT2D eigenvalue weighted by atomic mass is 35.5. The topological polar surface area (TPSA) is 83.6 Å². The molecule has 1 saturated carbocycles. The van der Waals surface area contributed by atoms with Crippen LogP contribution in [-0.2, 0) is 27.2 Å². The smallest absolute Gasteiger partial charge is 0.307 e. The highest BCUT2D eigenvalue weighted by Gasteiger charge is 2.54. The van der Waals surface area contributed by atoms with Gasteiger partial charge in [0.1, 0.15) is 5.82 Å². The van der Waals surface area contributed by atoms with Gasteiger partial charge in [-0.2, -0.15) is 0 Å². The number of aromatic nitrogens is 1. The van der Waals surface area contributed by atoms with Gasteiger partial charge in [0, 0.05) is 47.8 Å². The van der Waals surface area contributed by atoms with E-state index >= 15 is 0 Å². The van der Waals surface area contributed by atoms with E-state index in [9.17, 15) is 9.59 Å². The van der Waals surface area contributed by atoms with Crippen molar-refractivity contribution in [3.8, 4) is 0 Å². The third kappa shape index (κ3) is 5.89. The minimum absolute atomic E-state index is 0.0254. The fourth-order valence-corrected chi connectivity index (χ4v) is 6.66. The Hall–Kier alpha value is -2.35. The number of pyridine rings is 1. The summed E-state index contributed by atoms with van der Waals surface area (Å²) in [4.78, 5) is 32.3. The van der Waals surface area contributed by atoms with Gasteiger partial charge in [-0.3, -0.25) is 9.59 Å². The number of anilines is 1. The predicted molar refractivity (Wildman–Crippen MR) is 145 cm³/mol. The van der Waals surface area contributed by atoms with E-state index in [1.165, 1.54) is 18.2 Å². The van der Waals surface area contributed by atoms with Crippen molar-refractivity contribution in [1.29, 1.82) is 0 Å². The minimum atomic E-state index is -0.533. The molecule has 2 N–H and O–H groups in total. The number of aryl methyl sites for hydroxylation is 2. The number of carbonyl (C=O) groups excluding carboxylic acids is 2. The lowest BCUT2D eigenvalue weighted by atomic mass is 9.57. The summed E-state index contributed by atoms with van der Waals surface area (Å²) in [6, 6.07) is 6.88. The monoisotopic (exact) mass is 544 g/mol. The largest absolute Gasteiger partial charge is 0.469 e. The van der Waals surface area contributed by atoms with E-state index in [0.29, 0.717) is 15.6 Å². The number of hydrogen-bond acceptors (Lipinski definition) is 6. The molecule has 2 aromatic rings. The van der Waals surface area contributed by atoms with E-state index < -0.39 is 12.0 Å². The number of halogens is 2. The first-order valence-electron chi connectivity index (χ1n) is 13.0. The number of methoxy groups -OCH3 is 1. The third-order valence-electron chi connectivity index (χ3n) is 8.06. The van der Waals surface area contributed by atoms with Crippen LogP contribution in [0.2, 0.25) is 10.0 Å². The van der Waals surface area contributed by atoms with E-state index in [-0.39, 0.29) is 23.7 Å². The van der Waals surface area contributed by atoms with Crippen molar-refractivity contribution in [3.63, 3.8) is 0 Å². The summed E-state index contributed by atoms with van der Waals surface area (Å²) in [5.41, 5.74) is 4.73. The first-order chi connectivity index (χ1) is 17.7. The normalized spacial score (nSPS) is 19.2. The number of benzene rings is 1. The van der Waals surface area contributed by atoms with Gasteiger partial charge in [-0.25, -0.2) is 4.98 Å². The summed E-state index contributed by atoms with van der Waals surface area (Å²) < 4.78 is 4.84. The van der Waals surface area contributed by atoms with Crippen LogP contribution in [0.1, 0.15) is 54.1 Å². The number of likely N-dealkylation sites (tertiary alicyclic amines) is 1. The van der Waals surface area contributed by atoms with Crippen LogP contribution in [0, 0.1) is 18.3 Å². The molecule has 7 nitrogen and oxygen atoms in total. The summed E-state index contributed by atoms with van der Waals surface area (Å²) in [7, 11) is 1.34. The van der Waals surface area contributed by atoms with Crippen molar-refractivity contribution in [2.24, 2.45) is 11.3 Å². The van der Waals surface area contributed by atoms with Gasteiger partial charge in [-0.05, 0) is 79.3 Å². The molecule has 0 bridgehead atoms. The Morgan fingerprint density at radius 3 is 2.65 bits per heavy atom. The second-order valence-electron chi connectivity index (χ2n) is 10.9. The van der Waals surface area contributed by atoms with Crippen LogP contribution >= 0.6 is 23.2 Å². The molecule has 2 fully saturated rings. The molecule has 1 aliphatic carbocycles. The maximum Gasteiger partial charge on any atom is 0.307 e. The highest BCUT2D eigenvalue weighted by molar-refractivity contribution is 6.34. The number of fused-ring (bicyclic) bond motifs is 1. The van der Waals surface area contributed by atoms with Gasteiger partial charge in [0.15, 0.2) is 0 Å². The van der Waals surface area contributed by atoms with E-state index in [1.54, 1.807) is 18.2 Å². The van der Waals surface area contributed by atoms with Crippen LogP contribution in [0.4, 0.5) is 5.82 Å². The lowest BCUT2D eigenvalue weighted by Crippen LogP contribution is -2.64. The van der Waals surface area contributed by atoms with Crippen molar-refractivity contribution in [1.82, 2.24) is 15.2 Å². The van der Waals surface area contributed by atoms with Gasteiger partial charge < -0.3 is 20.3 Å². The number of esters is 1. The maximum atomic E-state index is 13.1. The predicted octanol–water partition coefficient (Wildman–Crippen LogP) is 4.73. The minimum Gasteiger partial charge on any atom is -0.469 e. The second-order valence-corrected chi connectivity index (χ2v) is 11.8. The van der Waals surface area contributed by atoms with Crippen LogP contribution in [-0.4, -0.2) is 55.0 Å². The van der Waals surface area contributed by atoms with E-state index in [0.717, 1.165) is 69.8 Å². The SMILES string of the molecule is COC(=O)C[C@H](NC(=O)C1CC2(C1)CN(CCc1cc3c(nc1C)NCCC3)C2)c1cc(Cl)cc(Cl)c1. The molecule has 0 radical (unpaired) electrons. The number of ether oxygens (including phenoxy) is 1. The zero-order valence-electron chi connectivity index (χ0n) is 21.4. The molecule has 3 aliphatic rings. The molecule has 9 heteroatoms. The van der Waals surface area contributed by atoms with Gasteiger partial charge in [-0.1, -0.05) is 29.3 Å². The maximum absolute atomic E-state index is 13.1. The molecule has 0 unspecified atom stereocenters. The molecule has 3 heterocycles. The molecule has 1 aromatic heterocycles. The quantitative estimate of drug-likeness (QED) is 0.467. The second kappa shape index (κ2) is 10.8. The summed E-state index contributed by atoms with van der Waals surface area (Å²) in [6.45, 7) is 6.19. The molecule has 5 rings (SSSR count). The summed E-state index contributed by atoms with van der Waals surface area (Å²) in [5, 5.41) is 7.37. The first kappa shape index (κ1) is 26.3. The van der Waals surface area contributed by atoms with Crippen LogP contribution in [0.5, 0.6) is 0 Å². The first-order valence-corrected chi connectivity index (χ1v) is 13.8. The standard InChI is InChI=1S/C28H34Cl2N4O3/c1-17-18(8-19-4-3-6-31-26(19)32-17)5-7-34-15-28(16-34)13-21(14-28)27(36)33-24(12-25(35)37-2)20-9-22(29)11-23(30)10-20/h8-11,21,24H,3-7,12-16H2,1-2H3,(H,31,32)(H,33,36)/t24-/m0/s1. The third-order valence-corrected chi connectivity index (χ3v) is 8.50. The zero-order valence-corrected chi connectivity index (χ0v) is 22.9. The van der Waals surface area contributed by atoms with Crippen LogP contribution < -0.4 is 10.6 Å². The van der Waals surface area contributed by atoms with Crippen molar-refractivity contribution < 1.29 is 14.3 Å². The van der Waals surface area contributed by atoms with Crippen LogP contribution in [0.15, 0.2) is 24.3 Å². The average Bonchev–Trinajstić information content (AvgIpc) is 2.81. The molecule has 37 heavy (non-hydrogen) atoms. The lowest BCUT2D eigenvalue weighted by Gasteiger charge is -2.59. The van der Waals surface area contributed by atoms with Gasteiger partial charge in [-0.15, -0.1) is 0 Å². The molecule has 198 valence electrons. The summed E-state index contributed by atoms with van der Waals surface area (Å²) >= 11 is 12.3. The number of carbonyl (C=O) groups is 2. The Balaban J connectivity index is 1.11. The van der Waals surface area contributed by atoms with Gasteiger partial charge in [0.05, 0.1) is 19.6 Å². The number of rotatable bonds is 8. The lowest BCUT2D eigenvalue weighted by molar-refractivity contribution is -0.146. The number of amides is 1. The Morgan fingerprint density at radius 1 is 1.22 bits per heavy atom. The summed E-state index contributed by atoms with van der Waals surface area (Å²) in [6.07, 6.45) is 5.05. The number of hydrogen-bond donors (Lipinski definition) is 2. The van der Waals surface area contributed by atoms with Gasteiger partial charge in [0.25, 0.3) is 0 Å². The average molecular weight is 546 g/mol.